The average molecular weight is 468 g/mol. The maximum atomic E-state index is 11.9. The van der Waals surface area contributed by atoms with Crippen LogP contribution in [0.15, 0.2) is 78.9 Å². The first-order valence-corrected chi connectivity index (χ1v) is 11.3. The number of hydrogen-bond acceptors (Lipinski definition) is 3. The molecular formula is C30H26ClNO2. The van der Waals surface area contributed by atoms with Crippen LogP contribution in [0.3, 0.4) is 0 Å². The van der Waals surface area contributed by atoms with Crippen LogP contribution < -0.4 is 0 Å². The van der Waals surface area contributed by atoms with Crippen molar-refractivity contribution >= 4 is 40.6 Å². The van der Waals surface area contributed by atoms with Crippen LogP contribution >= 0.6 is 11.6 Å². The first kappa shape index (κ1) is 24.8. The molecule has 0 unspecified atom stereocenters. The average Bonchev–Trinajstić information content (AvgIpc) is 2.88. The van der Waals surface area contributed by atoms with Crippen molar-refractivity contribution in [1.29, 1.82) is 0 Å². The van der Waals surface area contributed by atoms with Gasteiger partial charge in [-0.3, -0.25) is 0 Å². The summed E-state index contributed by atoms with van der Waals surface area (Å²) < 4.78 is 4.89. The highest BCUT2D eigenvalue weighted by atomic mass is 35.5. The van der Waals surface area contributed by atoms with E-state index in [9.17, 15) is 4.79 Å². The molecule has 34 heavy (non-hydrogen) atoms. The summed E-state index contributed by atoms with van der Waals surface area (Å²) >= 11 is 6.09. The summed E-state index contributed by atoms with van der Waals surface area (Å²) in [7, 11) is 1.42. The number of terminal acetylenes is 1. The number of carbonyl (C=O) groups is 1. The van der Waals surface area contributed by atoms with Gasteiger partial charge in [0.2, 0.25) is 0 Å². The molecule has 0 atom stereocenters. The van der Waals surface area contributed by atoms with Gasteiger partial charge in [0.1, 0.15) is 0 Å². The number of benzene rings is 3. The highest BCUT2D eigenvalue weighted by Gasteiger charge is 2.10. The molecule has 0 saturated carbocycles. The fourth-order valence-corrected chi connectivity index (χ4v) is 3.93. The maximum Gasteiger partial charge on any atom is 0.338 e. The minimum Gasteiger partial charge on any atom is -0.465 e. The summed E-state index contributed by atoms with van der Waals surface area (Å²) in [6.07, 6.45) is 14.8. The predicted molar refractivity (Wildman–Crippen MR) is 142 cm³/mol. The molecule has 3 aromatic carbocycles. The van der Waals surface area contributed by atoms with Gasteiger partial charge < -0.3 is 4.74 Å². The predicted octanol–water partition coefficient (Wildman–Crippen LogP) is 7.27. The summed E-state index contributed by atoms with van der Waals surface area (Å²) in [5.74, 6) is -0.280. The second-order valence-electron chi connectivity index (χ2n) is 7.65. The lowest BCUT2D eigenvalue weighted by Gasteiger charge is -2.08. The molecular weight excluding hydrogens is 442 g/mol. The third-order valence-corrected chi connectivity index (χ3v) is 5.64. The van der Waals surface area contributed by atoms with E-state index in [1.807, 2.05) is 54.6 Å². The van der Waals surface area contributed by atoms with Gasteiger partial charge in [-0.05, 0) is 66.3 Å². The van der Waals surface area contributed by atoms with E-state index in [1.54, 1.807) is 0 Å². The Kier molecular flexibility index (Phi) is 9.03. The number of halogens is 1. The molecule has 0 aliphatic rings. The second kappa shape index (κ2) is 12.4. The van der Waals surface area contributed by atoms with Crippen molar-refractivity contribution in [3.63, 3.8) is 0 Å². The van der Waals surface area contributed by atoms with E-state index in [2.05, 4.69) is 54.2 Å². The Hall–Kier alpha value is -3.87. The molecule has 0 bridgehead atoms. The Bertz CT molecular complexity index is 1320. The standard InChI is InChI=1S/C28H24ClNO2.C2H2/c1-32-28(31)26-11-3-2-9-22(26)10-5-8-20-6-4-7-21(18-20)12-16-25-17-14-23-13-15-24(29)19-27(23)30-25;1-2/h2-4,6-7,9,11-19H,5,8,10H2,1H3;1-2H/b16-12+;. The lowest BCUT2D eigenvalue weighted by Crippen LogP contribution is -2.05. The first-order valence-electron chi connectivity index (χ1n) is 11.0. The molecule has 0 saturated heterocycles. The van der Waals surface area contributed by atoms with E-state index >= 15 is 0 Å². The summed E-state index contributed by atoms with van der Waals surface area (Å²) in [4.78, 5) is 16.6. The second-order valence-corrected chi connectivity index (χ2v) is 8.09. The largest absolute Gasteiger partial charge is 0.465 e. The highest BCUT2D eigenvalue weighted by molar-refractivity contribution is 6.31. The summed E-state index contributed by atoms with van der Waals surface area (Å²) in [5.41, 5.74) is 5.85. The van der Waals surface area contributed by atoms with Crippen molar-refractivity contribution in [3.05, 3.63) is 112 Å². The Labute approximate surface area is 206 Å². The van der Waals surface area contributed by atoms with Crippen LogP contribution in [-0.4, -0.2) is 18.1 Å². The zero-order valence-corrected chi connectivity index (χ0v) is 19.8. The molecule has 0 radical (unpaired) electrons. The monoisotopic (exact) mass is 467 g/mol. The number of carbonyl (C=O) groups excluding carboxylic acids is 1. The zero-order chi connectivity index (χ0) is 24.3. The van der Waals surface area contributed by atoms with Gasteiger partial charge >= 0.3 is 5.97 Å². The summed E-state index contributed by atoms with van der Waals surface area (Å²) in [5, 5.41) is 1.76. The number of fused-ring (bicyclic) bond motifs is 1. The van der Waals surface area contributed by atoms with Crippen LogP contribution in [-0.2, 0) is 17.6 Å². The molecule has 0 amide bonds. The van der Waals surface area contributed by atoms with E-state index in [4.69, 9.17) is 16.3 Å². The number of rotatable bonds is 7. The first-order chi connectivity index (χ1) is 16.6. The molecule has 0 aliphatic carbocycles. The molecule has 3 nitrogen and oxygen atoms in total. The van der Waals surface area contributed by atoms with Gasteiger partial charge in [-0.1, -0.05) is 72.3 Å². The number of methoxy groups -OCH3 is 1. The Balaban J connectivity index is 0.00000158. The molecule has 0 aliphatic heterocycles. The maximum absolute atomic E-state index is 11.9. The molecule has 1 aromatic heterocycles. The van der Waals surface area contributed by atoms with Crippen LogP contribution in [0.2, 0.25) is 5.02 Å². The van der Waals surface area contributed by atoms with E-state index < -0.39 is 0 Å². The minimum absolute atomic E-state index is 0.280. The van der Waals surface area contributed by atoms with Crippen LogP contribution in [0.4, 0.5) is 0 Å². The molecule has 0 fully saturated rings. The molecule has 170 valence electrons. The lowest BCUT2D eigenvalue weighted by molar-refractivity contribution is 0.0599. The van der Waals surface area contributed by atoms with Gasteiger partial charge in [0.25, 0.3) is 0 Å². The molecule has 1 heterocycles. The number of ether oxygens (including phenoxy) is 1. The van der Waals surface area contributed by atoms with Crippen LogP contribution in [0.1, 0.15) is 39.2 Å². The molecule has 4 heteroatoms. The fraction of sp³-hybridized carbons (Fsp3) is 0.133. The van der Waals surface area contributed by atoms with Crippen molar-refractivity contribution in [2.45, 2.75) is 19.3 Å². The molecule has 0 spiro atoms. The fourth-order valence-electron chi connectivity index (χ4n) is 3.76. The molecule has 4 rings (SSSR count). The summed E-state index contributed by atoms with van der Waals surface area (Å²) in [6, 6.07) is 25.9. The number of aryl methyl sites for hydroxylation is 2. The van der Waals surface area contributed by atoms with Gasteiger partial charge in [0.15, 0.2) is 0 Å². The van der Waals surface area contributed by atoms with Gasteiger partial charge in [-0.15, -0.1) is 12.8 Å². The van der Waals surface area contributed by atoms with E-state index in [0.29, 0.717) is 10.6 Å². The van der Waals surface area contributed by atoms with Crippen molar-refractivity contribution in [2.24, 2.45) is 0 Å². The van der Waals surface area contributed by atoms with Crippen LogP contribution in [0.25, 0.3) is 23.1 Å². The van der Waals surface area contributed by atoms with Gasteiger partial charge in [0, 0.05) is 10.4 Å². The number of pyridine rings is 1. The smallest absolute Gasteiger partial charge is 0.338 e. The van der Waals surface area contributed by atoms with E-state index in [1.165, 1.54) is 12.7 Å². The van der Waals surface area contributed by atoms with Crippen molar-refractivity contribution < 1.29 is 9.53 Å². The lowest BCUT2D eigenvalue weighted by atomic mass is 9.99. The minimum atomic E-state index is -0.280. The number of hydrogen-bond donors (Lipinski definition) is 0. The quantitative estimate of drug-likeness (QED) is 0.212. The SMILES string of the molecule is C#C.COC(=O)c1ccccc1CCCc1cccc(/C=C/c2ccc3ccc(Cl)cc3n2)c1. The Morgan fingerprint density at radius 3 is 2.56 bits per heavy atom. The van der Waals surface area contributed by atoms with E-state index in [-0.39, 0.29) is 5.97 Å². The van der Waals surface area contributed by atoms with Crippen LogP contribution in [0, 0.1) is 12.8 Å². The third kappa shape index (κ3) is 6.57. The number of nitrogens with zero attached hydrogens (tertiary/aromatic N) is 1. The number of esters is 1. The Morgan fingerprint density at radius 2 is 1.74 bits per heavy atom. The zero-order valence-electron chi connectivity index (χ0n) is 19.1. The normalized spacial score (nSPS) is 10.6. The van der Waals surface area contributed by atoms with Crippen molar-refractivity contribution in [3.8, 4) is 12.8 Å². The van der Waals surface area contributed by atoms with E-state index in [0.717, 1.165) is 47.0 Å². The van der Waals surface area contributed by atoms with Crippen LogP contribution in [0.5, 0.6) is 0 Å². The van der Waals surface area contributed by atoms with Gasteiger partial charge in [-0.25, -0.2) is 9.78 Å². The molecule has 4 aromatic rings. The van der Waals surface area contributed by atoms with Crippen molar-refractivity contribution in [1.82, 2.24) is 4.98 Å². The topological polar surface area (TPSA) is 39.2 Å². The number of aromatic nitrogens is 1. The molecule has 0 N–H and O–H groups in total. The summed E-state index contributed by atoms with van der Waals surface area (Å²) in [6.45, 7) is 0. The highest BCUT2D eigenvalue weighted by Crippen LogP contribution is 2.19. The van der Waals surface area contributed by atoms with Crippen molar-refractivity contribution in [2.75, 3.05) is 7.11 Å². The van der Waals surface area contributed by atoms with Gasteiger partial charge in [0.05, 0.1) is 23.9 Å². The third-order valence-electron chi connectivity index (χ3n) is 5.41. The Morgan fingerprint density at radius 1 is 0.941 bits per heavy atom. The van der Waals surface area contributed by atoms with Gasteiger partial charge in [-0.2, -0.15) is 0 Å².